The predicted octanol–water partition coefficient (Wildman–Crippen LogP) is 1.90. The molecule has 1 atom stereocenters. The molecule has 1 unspecified atom stereocenters. The maximum absolute atomic E-state index is 13.3. The van der Waals surface area contributed by atoms with Crippen LogP contribution in [0, 0.1) is 5.82 Å². The lowest BCUT2D eigenvalue weighted by Crippen LogP contribution is -2.57. The van der Waals surface area contributed by atoms with Gasteiger partial charge in [-0.05, 0) is 37.6 Å². The molecular weight excluding hydrogens is 235 g/mol. The molecule has 1 aromatic rings. The van der Waals surface area contributed by atoms with Gasteiger partial charge in [-0.15, -0.1) is 0 Å². The van der Waals surface area contributed by atoms with Crippen molar-refractivity contribution in [3.05, 3.63) is 30.1 Å². The topological polar surface area (TPSA) is 41.6 Å². The number of ether oxygens (including phenoxy) is 1. The summed E-state index contributed by atoms with van der Waals surface area (Å²) in [4.78, 5) is 13.5. The Kier molecular flexibility index (Phi) is 2.70. The monoisotopic (exact) mass is 250 g/mol. The summed E-state index contributed by atoms with van der Waals surface area (Å²) in [6.45, 7) is 2.01. The lowest BCUT2D eigenvalue weighted by Gasteiger charge is -2.38. The number of hydrogen-bond donors (Lipinski definition) is 1. The van der Waals surface area contributed by atoms with Crippen molar-refractivity contribution in [3.63, 3.8) is 0 Å². The normalized spacial score (nSPS) is 27.6. The number of carbonyl (C=O) groups is 1. The second kappa shape index (κ2) is 4.24. The fourth-order valence-corrected chi connectivity index (χ4v) is 2.78. The van der Waals surface area contributed by atoms with Crippen molar-refractivity contribution in [2.45, 2.75) is 18.4 Å². The molecule has 2 saturated heterocycles. The lowest BCUT2D eigenvalue weighted by molar-refractivity contribution is 0.167. The zero-order valence-corrected chi connectivity index (χ0v) is 9.99. The van der Waals surface area contributed by atoms with E-state index in [9.17, 15) is 9.18 Å². The number of rotatable bonds is 1. The number of anilines is 1. The largest absolute Gasteiger partial charge is 0.447 e. The second-order valence-corrected chi connectivity index (χ2v) is 4.87. The molecule has 0 saturated carbocycles. The molecule has 1 amide bonds. The highest BCUT2D eigenvalue weighted by molar-refractivity contribution is 5.91. The fraction of sp³-hybridized carbons (Fsp3) is 0.462. The Hall–Kier alpha value is -1.62. The molecule has 96 valence electrons. The van der Waals surface area contributed by atoms with Gasteiger partial charge in [0.2, 0.25) is 0 Å². The third-order valence-electron chi connectivity index (χ3n) is 3.64. The lowest BCUT2D eigenvalue weighted by atomic mass is 9.89. The maximum Gasteiger partial charge on any atom is 0.415 e. The average Bonchev–Trinajstić information content (AvgIpc) is 2.67. The first-order valence-electron chi connectivity index (χ1n) is 6.15. The summed E-state index contributed by atoms with van der Waals surface area (Å²) in [6.07, 6.45) is 1.48. The van der Waals surface area contributed by atoms with Crippen molar-refractivity contribution in [3.8, 4) is 0 Å². The van der Waals surface area contributed by atoms with Crippen molar-refractivity contribution in [2.75, 3.05) is 24.6 Å². The van der Waals surface area contributed by atoms with E-state index in [4.69, 9.17) is 4.74 Å². The van der Waals surface area contributed by atoms with Crippen LogP contribution in [0.1, 0.15) is 12.8 Å². The van der Waals surface area contributed by atoms with Gasteiger partial charge in [-0.1, -0.05) is 6.07 Å². The Morgan fingerprint density at radius 1 is 1.44 bits per heavy atom. The fourth-order valence-electron chi connectivity index (χ4n) is 2.78. The molecule has 1 N–H and O–H groups in total. The number of cyclic esters (lactones) is 1. The standard InChI is InChI=1S/C13H15FN2O2/c14-10-3-1-4-11(7-10)16-12(17)18-9-13(16)5-2-6-15-8-13/h1,3-4,7,15H,2,5-6,8-9H2. The molecule has 1 aromatic carbocycles. The predicted molar refractivity (Wildman–Crippen MR) is 65.1 cm³/mol. The van der Waals surface area contributed by atoms with Crippen LogP contribution < -0.4 is 10.2 Å². The van der Waals surface area contributed by atoms with Gasteiger partial charge in [0.05, 0.1) is 11.2 Å². The van der Waals surface area contributed by atoms with E-state index in [1.54, 1.807) is 17.0 Å². The summed E-state index contributed by atoms with van der Waals surface area (Å²) < 4.78 is 18.5. The minimum atomic E-state index is -0.385. The van der Waals surface area contributed by atoms with Crippen molar-refractivity contribution >= 4 is 11.8 Å². The molecule has 2 heterocycles. The van der Waals surface area contributed by atoms with Crippen LogP contribution in [0.4, 0.5) is 14.9 Å². The molecule has 3 rings (SSSR count). The molecular formula is C13H15FN2O2. The van der Waals surface area contributed by atoms with Gasteiger partial charge in [0.1, 0.15) is 12.4 Å². The molecule has 0 aromatic heterocycles. The number of halogens is 1. The van der Waals surface area contributed by atoms with E-state index in [1.807, 2.05) is 0 Å². The summed E-state index contributed by atoms with van der Waals surface area (Å²) in [7, 11) is 0. The quantitative estimate of drug-likeness (QED) is 0.827. The van der Waals surface area contributed by atoms with E-state index in [0.717, 1.165) is 19.4 Å². The third-order valence-corrected chi connectivity index (χ3v) is 3.64. The molecule has 2 aliphatic rings. The highest BCUT2D eigenvalue weighted by Crippen LogP contribution is 2.35. The van der Waals surface area contributed by atoms with Crippen LogP contribution in [0.15, 0.2) is 24.3 Å². The Labute approximate surface area is 105 Å². The molecule has 18 heavy (non-hydrogen) atoms. The number of nitrogens with zero attached hydrogens (tertiary/aromatic N) is 1. The molecule has 4 nitrogen and oxygen atoms in total. The highest BCUT2D eigenvalue weighted by atomic mass is 19.1. The summed E-state index contributed by atoms with van der Waals surface area (Å²) in [5.41, 5.74) is 0.213. The SMILES string of the molecule is O=C1OCC2(CCCNC2)N1c1cccc(F)c1. The van der Waals surface area contributed by atoms with E-state index in [0.29, 0.717) is 18.8 Å². The first-order valence-corrected chi connectivity index (χ1v) is 6.15. The van der Waals surface area contributed by atoms with Crippen molar-refractivity contribution in [1.29, 1.82) is 0 Å². The Balaban J connectivity index is 1.99. The molecule has 1 spiro atoms. The maximum atomic E-state index is 13.3. The molecule has 0 aliphatic carbocycles. The Bertz CT molecular complexity index is 472. The van der Waals surface area contributed by atoms with E-state index < -0.39 is 0 Å². The molecule has 2 fully saturated rings. The summed E-state index contributed by atoms with van der Waals surface area (Å²) in [5, 5.41) is 3.28. The Morgan fingerprint density at radius 2 is 2.33 bits per heavy atom. The summed E-state index contributed by atoms with van der Waals surface area (Å²) in [6, 6.07) is 6.10. The zero-order valence-electron chi connectivity index (χ0n) is 9.99. The molecule has 0 radical (unpaired) electrons. The smallest absolute Gasteiger partial charge is 0.415 e. The number of benzene rings is 1. The van der Waals surface area contributed by atoms with Gasteiger partial charge in [-0.25, -0.2) is 9.18 Å². The Morgan fingerprint density at radius 3 is 3.06 bits per heavy atom. The molecule has 0 bridgehead atoms. The highest BCUT2D eigenvalue weighted by Gasteiger charge is 2.48. The van der Waals surface area contributed by atoms with E-state index in [1.165, 1.54) is 12.1 Å². The zero-order chi connectivity index (χ0) is 12.6. The second-order valence-electron chi connectivity index (χ2n) is 4.87. The number of nitrogens with one attached hydrogen (secondary N) is 1. The average molecular weight is 250 g/mol. The number of carbonyl (C=O) groups excluding carboxylic acids is 1. The number of piperidine rings is 1. The van der Waals surface area contributed by atoms with Gasteiger partial charge in [-0.2, -0.15) is 0 Å². The summed E-state index contributed by atoms with van der Waals surface area (Å²) in [5.74, 6) is -0.342. The van der Waals surface area contributed by atoms with Gasteiger partial charge < -0.3 is 10.1 Å². The van der Waals surface area contributed by atoms with Crippen LogP contribution in [-0.2, 0) is 4.74 Å². The van der Waals surface area contributed by atoms with Gasteiger partial charge >= 0.3 is 6.09 Å². The minimum absolute atomic E-state index is 0.342. The first-order chi connectivity index (χ1) is 8.71. The van der Waals surface area contributed by atoms with Crippen LogP contribution in [0.2, 0.25) is 0 Å². The summed E-state index contributed by atoms with van der Waals surface area (Å²) >= 11 is 0. The van der Waals surface area contributed by atoms with Crippen LogP contribution >= 0.6 is 0 Å². The molecule has 5 heteroatoms. The van der Waals surface area contributed by atoms with Crippen molar-refractivity contribution < 1.29 is 13.9 Å². The molecule has 2 aliphatic heterocycles. The van der Waals surface area contributed by atoms with Gasteiger partial charge in [0, 0.05) is 6.54 Å². The third kappa shape index (κ3) is 1.75. The van der Waals surface area contributed by atoms with Gasteiger partial charge in [0.25, 0.3) is 0 Å². The van der Waals surface area contributed by atoms with Crippen LogP contribution in [-0.4, -0.2) is 31.3 Å². The van der Waals surface area contributed by atoms with E-state index in [2.05, 4.69) is 5.32 Å². The van der Waals surface area contributed by atoms with Gasteiger partial charge in [-0.3, -0.25) is 4.90 Å². The van der Waals surface area contributed by atoms with E-state index >= 15 is 0 Å². The van der Waals surface area contributed by atoms with Crippen LogP contribution in [0.25, 0.3) is 0 Å². The number of amides is 1. The van der Waals surface area contributed by atoms with Crippen LogP contribution in [0.5, 0.6) is 0 Å². The van der Waals surface area contributed by atoms with Crippen molar-refractivity contribution in [2.24, 2.45) is 0 Å². The first kappa shape index (κ1) is 11.5. The van der Waals surface area contributed by atoms with Crippen molar-refractivity contribution in [1.82, 2.24) is 5.32 Å². The number of hydrogen-bond acceptors (Lipinski definition) is 3. The van der Waals surface area contributed by atoms with Gasteiger partial charge in [0.15, 0.2) is 0 Å². The minimum Gasteiger partial charge on any atom is -0.447 e. The van der Waals surface area contributed by atoms with E-state index in [-0.39, 0.29) is 17.4 Å². The van der Waals surface area contributed by atoms with Crippen LogP contribution in [0.3, 0.4) is 0 Å².